The quantitative estimate of drug-likeness (QED) is 0.507. The molecule has 0 radical (unpaired) electrons. The van der Waals surface area contributed by atoms with E-state index in [2.05, 4.69) is 27.7 Å². The summed E-state index contributed by atoms with van der Waals surface area (Å²) in [7, 11) is 6.65. The standard InChI is InChI=1S/C6H15P.S3/c1-5(2)7-6(3)4;1-2-3-1/h5-7H,1-4H3;. The van der Waals surface area contributed by atoms with Crippen molar-refractivity contribution in [3.05, 3.63) is 0 Å². The van der Waals surface area contributed by atoms with Crippen molar-refractivity contribution in [2.75, 3.05) is 0 Å². The van der Waals surface area contributed by atoms with Crippen molar-refractivity contribution < 1.29 is 0 Å². The highest BCUT2D eigenvalue weighted by atomic mass is 33.7. The fourth-order valence-electron chi connectivity index (χ4n) is 0.667. The lowest BCUT2D eigenvalue weighted by Gasteiger charge is -2.06. The Morgan fingerprint density at radius 3 is 1.10 bits per heavy atom. The predicted molar refractivity (Wildman–Crippen MR) is 58.7 cm³/mol. The van der Waals surface area contributed by atoms with Gasteiger partial charge >= 0.3 is 0 Å². The minimum Gasteiger partial charge on any atom is -0.117 e. The van der Waals surface area contributed by atoms with E-state index in [0.717, 1.165) is 19.9 Å². The Labute approximate surface area is 75.6 Å². The molecule has 62 valence electrons. The second-order valence-corrected chi connectivity index (χ2v) is 10.6. The van der Waals surface area contributed by atoms with Gasteiger partial charge in [0.25, 0.3) is 0 Å². The molecule has 0 N–H and O–H groups in total. The Hall–Kier alpha value is 1.09. The second kappa shape index (κ2) is 6.78. The van der Waals surface area contributed by atoms with Crippen molar-refractivity contribution in [2.45, 2.75) is 39.0 Å². The van der Waals surface area contributed by atoms with Gasteiger partial charge in [-0.05, 0) is 11.3 Å². The molecule has 1 aromatic rings. The van der Waals surface area contributed by atoms with E-state index in [0.29, 0.717) is 0 Å². The van der Waals surface area contributed by atoms with Crippen LogP contribution in [0.4, 0.5) is 0 Å². The van der Waals surface area contributed by atoms with Crippen molar-refractivity contribution in [3.8, 4) is 0 Å². The topological polar surface area (TPSA) is 0 Å². The number of rotatable bonds is 2. The van der Waals surface area contributed by atoms with Crippen molar-refractivity contribution in [2.24, 2.45) is 0 Å². The Bertz CT molecular complexity index is 100. The molecule has 4 heteroatoms. The zero-order valence-electron chi connectivity index (χ0n) is 6.88. The smallest absolute Gasteiger partial charge is 0 e. The van der Waals surface area contributed by atoms with E-state index >= 15 is 0 Å². The molecular formula is C6H15PS3. The molecule has 10 heavy (non-hydrogen) atoms. The van der Waals surface area contributed by atoms with E-state index in [1.807, 2.05) is 28.0 Å². The van der Waals surface area contributed by atoms with Gasteiger partial charge in [-0.25, -0.2) is 0 Å². The van der Waals surface area contributed by atoms with Gasteiger partial charge in [-0.15, -0.1) is 8.58 Å². The van der Waals surface area contributed by atoms with Crippen LogP contribution >= 0.6 is 36.6 Å². The lowest BCUT2D eigenvalue weighted by molar-refractivity contribution is 1.03. The first-order chi connectivity index (χ1) is 4.63. The number of hydrogen-bond acceptors (Lipinski definition) is 3. The summed E-state index contributed by atoms with van der Waals surface area (Å²) >= 11 is 0. The van der Waals surface area contributed by atoms with Gasteiger partial charge < -0.3 is 0 Å². The summed E-state index contributed by atoms with van der Waals surface area (Å²) < 4.78 is 0. The normalized spacial score (nSPS) is 10.2. The van der Waals surface area contributed by atoms with Crippen molar-refractivity contribution in [1.29, 1.82) is 0 Å². The molecule has 0 saturated heterocycles. The van der Waals surface area contributed by atoms with E-state index in [1.165, 1.54) is 0 Å². The molecule has 0 aliphatic heterocycles. The van der Waals surface area contributed by atoms with Gasteiger partial charge in [0, 0.05) is 28.0 Å². The largest absolute Gasteiger partial charge is 0.117 e. The molecular weight excluding hydrogens is 199 g/mol. The van der Waals surface area contributed by atoms with Crippen LogP contribution in [0.3, 0.4) is 0 Å². The van der Waals surface area contributed by atoms with Crippen LogP contribution in [0.2, 0.25) is 0 Å². The van der Waals surface area contributed by atoms with E-state index < -0.39 is 0 Å². The van der Waals surface area contributed by atoms with Gasteiger partial charge in [0.15, 0.2) is 0 Å². The summed E-state index contributed by atoms with van der Waals surface area (Å²) in [6.45, 7) is 9.10. The van der Waals surface area contributed by atoms with Crippen molar-refractivity contribution in [3.63, 3.8) is 0 Å². The van der Waals surface area contributed by atoms with E-state index in [4.69, 9.17) is 0 Å². The summed E-state index contributed by atoms with van der Waals surface area (Å²) in [5.41, 5.74) is 1.81. The SMILES string of the molecule is CC(C)PC(C)C.s1ss1. The lowest BCUT2D eigenvalue weighted by atomic mass is 10.5. The molecule has 0 saturated carbocycles. The predicted octanol–water partition coefficient (Wildman–Crippen LogP) is 4.35. The van der Waals surface area contributed by atoms with Gasteiger partial charge in [-0.1, -0.05) is 27.7 Å². The Morgan fingerprint density at radius 2 is 1.10 bits per heavy atom. The Morgan fingerprint density at radius 1 is 0.800 bits per heavy atom. The first-order valence-electron chi connectivity index (χ1n) is 3.39. The minimum absolute atomic E-state index is 0.903. The average Bonchev–Trinajstić information content (AvgIpc) is 2.38. The third-order valence-electron chi connectivity index (χ3n) is 0.735. The van der Waals surface area contributed by atoms with Crippen LogP contribution < -0.4 is 0 Å². The average molecular weight is 214 g/mol. The second-order valence-electron chi connectivity index (χ2n) is 2.68. The van der Waals surface area contributed by atoms with Gasteiger partial charge in [0.2, 0.25) is 0 Å². The van der Waals surface area contributed by atoms with Crippen LogP contribution in [0.5, 0.6) is 0 Å². The molecule has 0 bridgehead atoms. The van der Waals surface area contributed by atoms with Crippen molar-refractivity contribution in [1.82, 2.24) is 0 Å². The molecule has 0 aliphatic carbocycles. The molecule has 0 aromatic carbocycles. The maximum atomic E-state index is 2.28. The summed E-state index contributed by atoms with van der Waals surface area (Å²) in [5.74, 6) is 0. The summed E-state index contributed by atoms with van der Waals surface area (Å²) in [6.07, 6.45) is 0. The minimum atomic E-state index is 0.903. The summed E-state index contributed by atoms with van der Waals surface area (Å²) in [6, 6.07) is 0. The maximum Gasteiger partial charge on any atom is 0 e. The summed E-state index contributed by atoms with van der Waals surface area (Å²) in [4.78, 5) is 0. The molecule has 1 heterocycles. The van der Waals surface area contributed by atoms with Crippen LogP contribution in [0, 0.1) is 0 Å². The summed E-state index contributed by atoms with van der Waals surface area (Å²) in [5, 5.41) is 0. The maximum absolute atomic E-state index is 2.28. The fraction of sp³-hybridized carbons (Fsp3) is 1.00. The van der Waals surface area contributed by atoms with Gasteiger partial charge in [0.05, 0.1) is 0 Å². The van der Waals surface area contributed by atoms with Crippen LogP contribution in [-0.4, -0.2) is 11.3 Å². The van der Waals surface area contributed by atoms with Crippen molar-refractivity contribution >= 4 is 36.6 Å². The molecule has 1 aromatic heterocycles. The van der Waals surface area contributed by atoms with Crippen LogP contribution in [0.25, 0.3) is 0 Å². The zero-order valence-corrected chi connectivity index (χ0v) is 10.3. The van der Waals surface area contributed by atoms with E-state index in [1.54, 1.807) is 0 Å². The fourth-order valence-corrected chi connectivity index (χ4v) is 2.00. The zero-order chi connectivity index (χ0) is 7.98. The van der Waals surface area contributed by atoms with Crippen LogP contribution in [0.1, 0.15) is 27.7 Å². The Balaban J connectivity index is 0.000000219. The molecule has 0 aliphatic rings. The van der Waals surface area contributed by atoms with Gasteiger partial charge in [-0.2, -0.15) is 0 Å². The Kier molecular flexibility index (Phi) is 7.52. The van der Waals surface area contributed by atoms with Gasteiger partial charge in [0.1, 0.15) is 0 Å². The molecule has 1 rings (SSSR count). The molecule has 0 unspecified atom stereocenters. The third kappa shape index (κ3) is 16.0. The molecule has 0 amide bonds. The van der Waals surface area contributed by atoms with Crippen LogP contribution in [0.15, 0.2) is 0 Å². The molecule has 0 fully saturated rings. The third-order valence-corrected chi connectivity index (χ3v) is 3.84. The molecule has 0 atom stereocenters. The lowest BCUT2D eigenvalue weighted by Crippen LogP contribution is -1.90. The van der Waals surface area contributed by atoms with Gasteiger partial charge in [-0.3, -0.25) is 0 Å². The highest BCUT2D eigenvalue weighted by Gasteiger charge is 1.95. The molecule has 0 nitrogen and oxygen atoms in total. The van der Waals surface area contributed by atoms with E-state index in [-0.39, 0.29) is 0 Å². The molecule has 0 spiro atoms. The first kappa shape index (κ1) is 11.1. The highest BCUT2D eigenvalue weighted by molar-refractivity contribution is 8.32. The monoisotopic (exact) mass is 214 g/mol. The van der Waals surface area contributed by atoms with Crippen LogP contribution in [-0.2, 0) is 0 Å². The number of hydrogen-bond donors (Lipinski definition) is 0. The van der Waals surface area contributed by atoms with E-state index in [9.17, 15) is 0 Å². The highest BCUT2D eigenvalue weighted by Crippen LogP contribution is 2.26. The first-order valence-corrected chi connectivity index (χ1v) is 8.54.